The Bertz CT molecular complexity index is 844. The molecule has 1 aliphatic rings. The zero-order valence-corrected chi connectivity index (χ0v) is 16.2. The number of hydrogen-bond acceptors (Lipinski definition) is 3. The van der Waals surface area contributed by atoms with E-state index in [0.717, 1.165) is 5.56 Å². The van der Waals surface area contributed by atoms with Gasteiger partial charge in [-0.05, 0) is 60.9 Å². The molecule has 1 aliphatic heterocycles. The van der Waals surface area contributed by atoms with Gasteiger partial charge in [0.15, 0.2) is 5.78 Å². The van der Waals surface area contributed by atoms with Crippen molar-refractivity contribution in [3.8, 4) is 0 Å². The summed E-state index contributed by atoms with van der Waals surface area (Å²) in [6, 6.07) is 10.7. The summed E-state index contributed by atoms with van der Waals surface area (Å²) < 4.78 is 12.9. The van der Waals surface area contributed by atoms with Crippen molar-refractivity contribution in [3.63, 3.8) is 0 Å². The van der Waals surface area contributed by atoms with Crippen LogP contribution in [-0.2, 0) is 5.60 Å². The first-order valence-corrected chi connectivity index (χ1v) is 9.50. The summed E-state index contributed by atoms with van der Waals surface area (Å²) in [6.45, 7) is 2.02. The summed E-state index contributed by atoms with van der Waals surface area (Å²) in [6.07, 6.45) is 4.46. The summed E-state index contributed by atoms with van der Waals surface area (Å²) in [5.74, 6) is -0.516. The van der Waals surface area contributed by atoms with Crippen molar-refractivity contribution in [2.75, 3.05) is 19.6 Å². The van der Waals surface area contributed by atoms with Gasteiger partial charge < -0.3 is 5.11 Å². The minimum Gasteiger partial charge on any atom is -0.385 e. The van der Waals surface area contributed by atoms with Gasteiger partial charge in [0.2, 0.25) is 0 Å². The SMILES string of the molecule is O=C(/C=C/CN1CCC(O)(c2ccc(Cl)c(Cl)c2)CC1)c1ccc(F)cc1. The highest BCUT2D eigenvalue weighted by Crippen LogP contribution is 2.35. The fraction of sp³-hybridized carbons (Fsp3) is 0.286. The number of allylic oxidation sites excluding steroid dienone is 1. The first kappa shape index (κ1) is 20.0. The van der Waals surface area contributed by atoms with Crippen LogP contribution in [0.2, 0.25) is 10.0 Å². The molecule has 142 valence electrons. The normalized spacial score (nSPS) is 17.3. The van der Waals surface area contributed by atoms with Crippen molar-refractivity contribution in [1.82, 2.24) is 4.90 Å². The summed E-state index contributed by atoms with van der Waals surface area (Å²) >= 11 is 12.0. The van der Waals surface area contributed by atoms with E-state index in [2.05, 4.69) is 4.90 Å². The lowest BCUT2D eigenvalue weighted by Crippen LogP contribution is -2.42. The van der Waals surface area contributed by atoms with E-state index in [1.54, 1.807) is 18.2 Å². The predicted molar refractivity (Wildman–Crippen MR) is 106 cm³/mol. The van der Waals surface area contributed by atoms with Crippen LogP contribution in [0, 0.1) is 5.82 Å². The topological polar surface area (TPSA) is 40.5 Å². The van der Waals surface area contributed by atoms with Crippen molar-refractivity contribution in [3.05, 3.63) is 81.6 Å². The molecule has 0 atom stereocenters. The second kappa shape index (κ2) is 8.53. The molecule has 0 aliphatic carbocycles. The highest BCUT2D eigenvalue weighted by molar-refractivity contribution is 6.42. The number of nitrogens with zero attached hydrogens (tertiary/aromatic N) is 1. The number of hydrogen-bond donors (Lipinski definition) is 1. The fourth-order valence-corrected chi connectivity index (χ4v) is 3.50. The number of carbonyl (C=O) groups excluding carboxylic acids is 1. The maximum Gasteiger partial charge on any atom is 0.185 e. The lowest BCUT2D eigenvalue weighted by atomic mass is 9.84. The van der Waals surface area contributed by atoms with Crippen molar-refractivity contribution >= 4 is 29.0 Å². The van der Waals surface area contributed by atoms with E-state index >= 15 is 0 Å². The summed E-state index contributed by atoms with van der Waals surface area (Å²) in [5.41, 5.74) is 0.317. The number of ketones is 1. The molecular formula is C21H20Cl2FNO2. The number of benzene rings is 2. The maximum absolute atomic E-state index is 12.9. The molecule has 0 aromatic heterocycles. The van der Waals surface area contributed by atoms with Crippen LogP contribution >= 0.6 is 23.2 Å². The van der Waals surface area contributed by atoms with E-state index in [9.17, 15) is 14.3 Å². The Morgan fingerprint density at radius 2 is 1.78 bits per heavy atom. The van der Waals surface area contributed by atoms with Crippen LogP contribution in [-0.4, -0.2) is 35.4 Å². The minimum absolute atomic E-state index is 0.153. The second-order valence-electron chi connectivity index (χ2n) is 6.73. The monoisotopic (exact) mass is 407 g/mol. The average Bonchev–Trinajstić information content (AvgIpc) is 2.66. The van der Waals surface area contributed by atoms with Crippen LogP contribution in [0.15, 0.2) is 54.6 Å². The van der Waals surface area contributed by atoms with Crippen LogP contribution < -0.4 is 0 Å². The first-order chi connectivity index (χ1) is 12.9. The Morgan fingerprint density at radius 1 is 1.11 bits per heavy atom. The van der Waals surface area contributed by atoms with E-state index in [1.807, 2.05) is 6.07 Å². The highest BCUT2D eigenvalue weighted by atomic mass is 35.5. The quantitative estimate of drug-likeness (QED) is 0.568. The Labute approximate surface area is 168 Å². The van der Waals surface area contributed by atoms with Crippen LogP contribution in [0.3, 0.4) is 0 Å². The molecule has 0 unspecified atom stereocenters. The molecule has 6 heteroatoms. The van der Waals surface area contributed by atoms with Gasteiger partial charge in [0, 0.05) is 25.2 Å². The van der Waals surface area contributed by atoms with E-state index in [-0.39, 0.29) is 11.6 Å². The largest absolute Gasteiger partial charge is 0.385 e. The van der Waals surface area contributed by atoms with Crippen LogP contribution in [0.5, 0.6) is 0 Å². The molecule has 27 heavy (non-hydrogen) atoms. The molecule has 1 fully saturated rings. The highest BCUT2D eigenvalue weighted by Gasteiger charge is 2.33. The number of rotatable bonds is 5. The molecule has 1 N–H and O–H groups in total. The number of piperidine rings is 1. The summed E-state index contributed by atoms with van der Waals surface area (Å²) in [7, 11) is 0. The van der Waals surface area contributed by atoms with Gasteiger partial charge in [-0.15, -0.1) is 0 Å². The lowest BCUT2D eigenvalue weighted by molar-refractivity contribution is -0.0234. The van der Waals surface area contributed by atoms with E-state index in [0.29, 0.717) is 48.1 Å². The van der Waals surface area contributed by atoms with E-state index in [4.69, 9.17) is 23.2 Å². The van der Waals surface area contributed by atoms with E-state index < -0.39 is 5.60 Å². The summed E-state index contributed by atoms with van der Waals surface area (Å²) in [5, 5.41) is 11.8. The third-order valence-electron chi connectivity index (χ3n) is 4.90. The Kier molecular flexibility index (Phi) is 6.33. The molecule has 1 saturated heterocycles. The van der Waals surface area contributed by atoms with Gasteiger partial charge in [-0.1, -0.05) is 35.3 Å². The predicted octanol–water partition coefficient (Wildman–Crippen LogP) is 4.86. The minimum atomic E-state index is -0.918. The third-order valence-corrected chi connectivity index (χ3v) is 5.64. The second-order valence-corrected chi connectivity index (χ2v) is 7.55. The van der Waals surface area contributed by atoms with Gasteiger partial charge in [-0.2, -0.15) is 0 Å². The zero-order chi connectivity index (χ0) is 19.4. The number of carbonyl (C=O) groups is 1. The molecular weight excluding hydrogens is 388 g/mol. The van der Waals surface area contributed by atoms with E-state index in [1.165, 1.54) is 30.3 Å². The van der Waals surface area contributed by atoms with Crippen molar-refractivity contribution in [2.45, 2.75) is 18.4 Å². The Hall–Kier alpha value is -1.72. The molecule has 0 saturated carbocycles. The Morgan fingerprint density at radius 3 is 2.41 bits per heavy atom. The van der Waals surface area contributed by atoms with Gasteiger partial charge in [0.25, 0.3) is 0 Å². The number of likely N-dealkylation sites (tertiary alicyclic amines) is 1. The molecule has 0 bridgehead atoms. The van der Waals surface area contributed by atoms with Crippen LogP contribution in [0.25, 0.3) is 0 Å². The molecule has 0 amide bonds. The molecule has 0 spiro atoms. The Balaban J connectivity index is 1.54. The van der Waals surface area contributed by atoms with Crippen LogP contribution in [0.1, 0.15) is 28.8 Å². The molecule has 1 heterocycles. The van der Waals surface area contributed by atoms with Crippen molar-refractivity contribution < 1.29 is 14.3 Å². The first-order valence-electron chi connectivity index (χ1n) is 8.74. The molecule has 2 aromatic carbocycles. The fourth-order valence-electron chi connectivity index (χ4n) is 3.20. The third kappa shape index (κ3) is 4.96. The van der Waals surface area contributed by atoms with Gasteiger partial charge in [-0.25, -0.2) is 4.39 Å². The zero-order valence-electron chi connectivity index (χ0n) is 14.7. The molecule has 2 aromatic rings. The number of aliphatic hydroxyl groups is 1. The van der Waals surface area contributed by atoms with Gasteiger partial charge >= 0.3 is 0 Å². The maximum atomic E-state index is 12.9. The molecule has 3 rings (SSSR count). The van der Waals surface area contributed by atoms with Crippen LogP contribution in [0.4, 0.5) is 4.39 Å². The van der Waals surface area contributed by atoms with Gasteiger partial charge in [0.1, 0.15) is 5.82 Å². The number of halogens is 3. The van der Waals surface area contributed by atoms with Crippen molar-refractivity contribution in [1.29, 1.82) is 0 Å². The average molecular weight is 408 g/mol. The van der Waals surface area contributed by atoms with Crippen molar-refractivity contribution in [2.24, 2.45) is 0 Å². The van der Waals surface area contributed by atoms with Gasteiger partial charge in [0.05, 0.1) is 15.6 Å². The van der Waals surface area contributed by atoms with Gasteiger partial charge in [-0.3, -0.25) is 9.69 Å². The molecule has 3 nitrogen and oxygen atoms in total. The smallest absolute Gasteiger partial charge is 0.185 e. The summed E-state index contributed by atoms with van der Waals surface area (Å²) in [4.78, 5) is 14.2. The standard InChI is InChI=1S/C21H20Cl2FNO2/c22-18-8-5-16(14-19(18)23)21(27)9-12-25(13-10-21)11-1-2-20(26)15-3-6-17(24)7-4-15/h1-8,14,27H,9-13H2/b2-1+. The molecule has 0 radical (unpaired) electrons. The lowest BCUT2D eigenvalue weighted by Gasteiger charge is -2.38.